The zero-order valence-electron chi connectivity index (χ0n) is 13.3. The highest BCUT2D eigenvalue weighted by Crippen LogP contribution is 2.28. The number of aromatic nitrogens is 1. The third kappa shape index (κ3) is 3.79. The van der Waals surface area contributed by atoms with Gasteiger partial charge >= 0.3 is 0 Å². The van der Waals surface area contributed by atoms with E-state index in [9.17, 15) is 0 Å². The average Bonchev–Trinajstić information content (AvgIpc) is 3.12. The van der Waals surface area contributed by atoms with Crippen LogP contribution in [0.2, 0.25) is 0 Å². The molecule has 0 unspecified atom stereocenters. The summed E-state index contributed by atoms with van der Waals surface area (Å²) in [6.07, 6.45) is 5.01. The van der Waals surface area contributed by atoms with E-state index in [1.54, 1.807) is 24.5 Å². The second-order valence-corrected chi connectivity index (χ2v) is 5.44. The van der Waals surface area contributed by atoms with E-state index < -0.39 is 0 Å². The number of benzene rings is 2. The molecule has 1 aliphatic heterocycles. The fraction of sp³-hybridized carbons (Fsp3) is 0.0500. The molecule has 0 saturated carbocycles. The molecule has 1 aromatic heterocycles. The molecule has 1 aliphatic rings. The average molecular weight is 332 g/mol. The third-order valence-electron chi connectivity index (χ3n) is 3.65. The van der Waals surface area contributed by atoms with E-state index in [1.807, 2.05) is 60.7 Å². The molecule has 25 heavy (non-hydrogen) atoms. The van der Waals surface area contributed by atoms with Crippen LogP contribution in [0.4, 0.5) is 0 Å². The van der Waals surface area contributed by atoms with Gasteiger partial charge in [-0.1, -0.05) is 30.3 Å². The van der Waals surface area contributed by atoms with E-state index in [-0.39, 0.29) is 6.10 Å². The number of nitrogens with zero attached hydrogens (tertiary/aromatic N) is 1. The van der Waals surface area contributed by atoms with Crippen LogP contribution in [0.15, 0.2) is 91.1 Å². The minimum atomic E-state index is -0.220. The Hall–Kier alpha value is -3.31. The van der Waals surface area contributed by atoms with Crippen LogP contribution in [0.25, 0.3) is 0 Å². The van der Waals surface area contributed by atoms with Crippen LogP contribution in [0.5, 0.6) is 17.2 Å². The quantitative estimate of drug-likeness (QED) is 0.752. The Labute approximate surface area is 145 Å². The molecule has 1 atom stereocenters. The molecule has 2 aromatic carbocycles. The predicted molar refractivity (Wildman–Crippen MR) is 92.9 cm³/mol. The minimum Gasteiger partial charge on any atom is -0.457 e. The second-order valence-electron chi connectivity index (χ2n) is 5.44. The van der Waals surface area contributed by atoms with Crippen LogP contribution >= 0.6 is 0 Å². The number of ether oxygens (including phenoxy) is 2. The van der Waals surface area contributed by atoms with E-state index in [0.29, 0.717) is 11.6 Å². The fourth-order valence-electron chi connectivity index (χ4n) is 2.43. The number of nitrogens with one attached hydrogen (secondary N) is 1. The highest BCUT2D eigenvalue weighted by Gasteiger charge is 2.19. The van der Waals surface area contributed by atoms with Gasteiger partial charge in [-0.25, -0.2) is 5.48 Å². The topological polar surface area (TPSA) is 52.6 Å². The third-order valence-corrected chi connectivity index (χ3v) is 3.65. The molecule has 0 radical (unpaired) electrons. The van der Waals surface area contributed by atoms with Gasteiger partial charge in [0.05, 0.1) is 0 Å². The van der Waals surface area contributed by atoms with Gasteiger partial charge < -0.3 is 9.47 Å². The van der Waals surface area contributed by atoms with E-state index in [4.69, 9.17) is 14.3 Å². The van der Waals surface area contributed by atoms with Crippen LogP contribution in [0.1, 0.15) is 11.7 Å². The largest absolute Gasteiger partial charge is 0.457 e. The monoisotopic (exact) mass is 332 g/mol. The van der Waals surface area contributed by atoms with Crippen LogP contribution in [0.3, 0.4) is 0 Å². The number of para-hydroxylation sites is 1. The normalized spacial score (nSPS) is 16.0. The van der Waals surface area contributed by atoms with Crippen molar-refractivity contribution in [1.29, 1.82) is 0 Å². The van der Waals surface area contributed by atoms with Crippen molar-refractivity contribution in [3.8, 4) is 17.2 Å². The molecule has 0 bridgehead atoms. The van der Waals surface area contributed by atoms with Crippen molar-refractivity contribution in [2.75, 3.05) is 0 Å². The molecule has 0 fully saturated rings. The number of rotatable bonds is 5. The molecule has 0 amide bonds. The predicted octanol–water partition coefficient (Wildman–Crippen LogP) is 4.37. The first-order valence-corrected chi connectivity index (χ1v) is 7.91. The van der Waals surface area contributed by atoms with Gasteiger partial charge in [0.15, 0.2) is 0 Å². The fourth-order valence-corrected chi connectivity index (χ4v) is 2.43. The first-order valence-electron chi connectivity index (χ1n) is 7.91. The Kier molecular flexibility index (Phi) is 4.31. The molecule has 5 nitrogen and oxygen atoms in total. The Bertz CT molecular complexity index is 849. The Morgan fingerprint density at radius 3 is 2.20 bits per heavy atom. The van der Waals surface area contributed by atoms with E-state index >= 15 is 0 Å². The number of hydroxylamine groups is 1. The maximum atomic E-state index is 5.79. The van der Waals surface area contributed by atoms with E-state index in [0.717, 1.165) is 17.1 Å². The van der Waals surface area contributed by atoms with Gasteiger partial charge in [-0.2, -0.15) is 0 Å². The summed E-state index contributed by atoms with van der Waals surface area (Å²) in [6.45, 7) is 0. The SMILES string of the molecule is C1=C(Oc2ccncc2)NO[C@H]1c1ccc(Oc2ccccc2)cc1. The molecule has 4 rings (SSSR count). The van der Waals surface area contributed by atoms with Gasteiger partial charge in [0.25, 0.3) is 0 Å². The summed E-state index contributed by atoms with van der Waals surface area (Å²) in [4.78, 5) is 9.52. The summed E-state index contributed by atoms with van der Waals surface area (Å²) >= 11 is 0. The lowest BCUT2D eigenvalue weighted by Gasteiger charge is -2.09. The lowest BCUT2D eigenvalue weighted by Crippen LogP contribution is -2.12. The van der Waals surface area contributed by atoms with Gasteiger partial charge in [-0.05, 0) is 42.0 Å². The molecule has 124 valence electrons. The minimum absolute atomic E-state index is 0.220. The molecule has 2 heterocycles. The van der Waals surface area contributed by atoms with Gasteiger partial charge in [-0.3, -0.25) is 9.82 Å². The molecule has 0 aliphatic carbocycles. The lowest BCUT2D eigenvalue weighted by molar-refractivity contribution is 0.0273. The van der Waals surface area contributed by atoms with Crippen molar-refractivity contribution in [3.05, 3.63) is 96.6 Å². The van der Waals surface area contributed by atoms with Crippen molar-refractivity contribution in [2.24, 2.45) is 0 Å². The number of hydrogen-bond donors (Lipinski definition) is 1. The van der Waals surface area contributed by atoms with Gasteiger partial charge in [-0.15, -0.1) is 0 Å². The van der Waals surface area contributed by atoms with E-state index in [1.165, 1.54) is 0 Å². The van der Waals surface area contributed by atoms with Crippen molar-refractivity contribution in [3.63, 3.8) is 0 Å². The Morgan fingerprint density at radius 1 is 0.760 bits per heavy atom. The Balaban J connectivity index is 1.42. The Morgan fingerprint density at radius 2 is 1.44 bits per heavy atom. The molecule has 3 aromatic rings. The second kappa shape index (κ2) is 7.07. The van der Waals surface area contributed by atoms with Crippen molar-refractivity contribution >= 4 is 0 Å². The van der Waals surface area contributed by atoms with Crippen LogP contribution in [0, 0.1) is 0 Å². The van der Waals surface area contributed by atoms with Crippen molar-refractivity contribution < 1.29 is 14.3 Å². The summed E-state index contributed by atoms with van der Waals surface area (Å²) in [5, 5.41) is 0. The van der Waals surface area contributed by atoms with Crippen molar-refractivity contribution in [1.82, 2.24) is 10.5 Å². The molecule has 5 heteroatoms. The lowest BCUT2D eigenvalue weighted by atomic mass is 10.1. The molecule has 0 saturated heterocycles. The molecule has 0 spiro atoms. The summed E-state index contributed by atoms with van der Waals surface area (Å²) < 4.78 is 11.5. The number of pyridine rings is 1. The van der Waals surface area contributed by atoms with Gasteiger partial charge in [0, 0.05) is 18.5 Å². The maximum absolute atomic E-state index is 5.79. The standard InChI is InChI=1S/C20H16N2O3/c1-2-4-16(5-3-1)23-17-8-6-15(7-9-17)19-14-20(22-25-19)24-18-10-12-21-13-11-18/h1-14,19,22H/t19-/m1/s1. The zero-order chi connectivity index (χ0) is 16.9. The van der Waals surface area contributed by atoms with Gasteiger partial charge in [0.2, 0.25) is 5.88 Å². The maximum Gasteiger partial charge on any atom is 0.216 e. The zero-order valence-corrected chi connectivity index (χ0v) is 13.3. The smallest absolute Gasteiger partial charge is 0.216 e. The van der Waals surface area contributed by atoms with Gasteiger partial charge in [0.1, 0.15) is 23.4 Å². The van der Waals surface area contributed by atoms with Crippen LogP contribution < -0.4 is 15.0 Å². The molecule has 1 N–H and O–H groups in total. The molecular weight excluding hydrogens is 316 g/mol. The highest BCUT2D eigenvalue weighted by atomic mass is 16.7. The van der Waals surface area contributed by atoms with Crippen LogP contribution in [-0.2, 0) is 4.84 Å². The van der Waals surface area contributed by atoms with E-state index in [2.05, 4.69) is 10.5 Å². The summed E-state index contributed by atoms with van der Waals surface area (Å²) in [7, 11) is 0. The summed E-state index contributed by atoms with van der Waals surface area (Å²) in [6, 6.07) is 21.0. The highest BCUT2D eigenvalue weighted by molar-refractivity contribution is 5.35. The first-order chi connectivity index (χ1) is 12.4. The summed E-state index contributed by atoms with van der Waals surface area (Å²) in [5.74, 6) is 2.84. The number of hydrogen-bond acceptors (Lipinski definition) is 5. The van der Waals surface area contributed by atoms with Crippen LogP contribution in [-0.4, -0.2) is 4.98 Å². The summed E-state index contributed by atoms with van der Waals surface area (Å²) in [5.41, 5.74) is 3.80. The van der Waals surface area contributed by atoms with Crippen molar-refractivity contribution in [2.45, 2.75) is 6.10 Å². The first kappa shape index (κ1) is 15.2. The molecular formula is C20H16N2O3.